The number of ether oxygens (including phenoxy) is 1. The third-order valence-corrected chi connectivity index (χ3v) is 2.16. The maximum Gasteiger partial charge on any atom is 0.237 e. The summed E-state index contributed by atoms with van der Waals surface area (Å²) in [5.41, 5.74) is 0. The molecule has 1 fully saturated rings. The predicted molar refractivity (Wildman–Crippen MR) is 46.8 cm³/mol. The third kappa shape index (κ3) is 2.71. The van der Waals surface area contributed by atoms with Crippen LogP contribution in [0.2, 0.25) is 0 Å². The van der Waals surface area contributed by atoms with Gasteiger partial charge in [0.1, 0.15) is 5.92 Å². The SMILES string of the molecule is CCC(C#N)C(=O)NC1CCOC1. The molecular formula is C9H14N2O2. The van der Waals surface area contributed by atoms with Gasteiger partial charge in [-0.25, -0.2) is 0 Å². The minimum absolute atomic E-state index is 0.106. The van der Waals surface area contributed by atoms with Gasteiger partial charge < -0.3 is 10.1 Å². The molecule has 0 aromatic carbocycles. The number of amides is 1. The number of carbonyl (C=O) groups is 1. The van der Waals surface area contributed by atoms with Crippen molar-refractivity contribution in [3.63, 3.8) is 0 Å². The van der Waals surface area contributed by atoms with E-state index in [1.807, 2.05) is 13.0 Å². The fourth-order valence-electron chi connectivity index (χ4n) is 1.29. The number of carbonyl (C=O) groups excluding carboxylic acids is 1. The number of nitriles is 1. The molecule has 1 N–H and O–H groups in total. The molecule has 4 nitrogen and oxygen atoms in total. The molecule has 1 amide bonds. The van der Waals surface area contributed by atoms with Crippen molar-refractivity contribution in [1.29, 1.82) is 5.26 Å². The second-order valence-corrected chi connectivity index (χ2v) is 3.16. The van der Waals surface area contributed by atoms with E-state index in [9.17, 15) is 4.79 Å². The third-order valence-electron chi connectivity index (χ3n) is 2.16. The molecule has 2 unspecified atom stereocenters. The molecule has 0 bridgehead atoms. The fourth-order valence-corrected chi connectivity index (χ4v) is 1.29. The minimum atomic E-state index is -0.513. The number of hydrogen-bond acceptors (Lipinski definition) is 3. The Bertz CT molecular complexity index is 216. The average Bonchev–Trinajstić information content (AvgIpc) is 2.59. The fraction of sp³-hybridized carbons (Fsp3) is 0.778. The van der Waals surface area contributed by atoms with Gasteiger partial charge in [-0.15, -0.1) is 0 Å². The van der Waals surface area contributed by atoms with Gasteiger partial charge in [0.2, 0.25) is 5.91 Å². The monoisotopic (exact) mass is 182 g/mol. The van der Waals surface area contributed by atoms with Gasteiger partial charge in [0.25, 0.3) is 0 Å². The Kier molecular flexibility index (Phi) is 3.71. The van der Waals surface area contributed by atoms with Crippen LogP contribution in [-0.4, -0.2) is 25.2 Å². The van der Waals surface area contributed by atoms with E-state index < -0.39 is 5.92 Å². The van der Waals surface area contributed by atoms with E-state index in [-0.39, 0.29) is 11.9 Å². The summed E-state index contributed by atoms with van der Waals surface area (Å²) in [4.78, 5) is 11.4. The van der Waals surface area contributed by atoms with Crippen LogP contribution in [0.25, 0.3) is 0 Å². The van der Waals surface area contributed by atoms with Crippen molar-refractivity contribution in [1.82, 2.24) is 5.32 Å². The molecule has 0 aromatic rings. The van der Waals surface area contributed by atoms with Crippen LogP contribution in [0, 0.1) is 17.2 Å². The first-order chi connectivity index (χ1) is 6.27. The number of rotatable bonds is 3. The second kappa shape index (κ2) is 4.83. The van der Waals surface area contributed by atoms with E-state index in [1.165, 1.54) is 0 Å². The van der Waals surface area contributed by atoms with Crippen molar-refractivity contribution in [3.8, 4) is 6.07 Å². The summed E-state index contributed by atoms with van der Waals surface area (Å²) in [6.45, 7) is 3.11. The Morgan fingerprint density at radius 2 is 2.62 bits per heavy atom. The molecule has 1 rings (SSSR count). The Morgan fingerprint density at radius 1 is 1.85 bits per heavy atom. The van der Waals surface area contributed by atoms with Crippen molar-refractivity contribution < 1.29 is 9.53 Å². The Balaban J connectivity index is 2.35. The van der Waals surface area contributed by atoms with Crippen molar-refractivity contribution in [2.45, 2.75) is 25.8 Å². The van der Waals surface area contributed by atoms with Gasteiger partial charge in [-0.05, 0) is 12.8 Å². The Morgan fingerprint density at radius 3 is 3.08 bits per heavy atom. The minimum Gasteiger partial charge on any atom is -0.379 e. The predicted octanol–water partition coefficient (Wildman–Crippen LogP) is 0.441. The Hall–Kier alpha value is -1.08. The lowest BCUT2D eigenvalue weighted by Gasteiger charge is -2.12. The molecule has 0 aliphatic carbocycles. The largest absolute Gasteiger partial charge is 0.379 e. The first kappa shape index (κ1) is 10.0. The highest BCUT2D eigenvalue weighted by Gasteiger charge is 2.22. The first-order valence-electron chi connectivity index (χ1n) is 4.55. The zero-order chi connectivity index (χ0) is 9.68. The Labute approximate surface area is 77.9 Å². The smallest absolute Gasteiger partial charge is 0.237 e. The van der Waals surface area contributed by atoms with Gasteiger partial charge in [-0.3, -0.25) is 4.79 Å². The van der Waals surface area contributed by atoms with Crippen LogP contribution in [0.1, 0.15) is 19.8 Å². The number of nitrogens with zero attached hydrogens (tertiary/aromatic N) is 1. The lowest BCUT2D eigenvalue weighted by molar-refractivity contribution is -0.124. The van der Waals surface area contributed by atoms with E-state index >= 15 is 0 Å². The van der Waals surface area contributed by atoms with E-state index in [4.69, 9.17) is 10.00 Å². The van der Waals surface area contributed by atoms with Crippen LogP contribution in [0.4, 0.5) is 0 Å². The van der Waals surface area contributed by atoms with Crippen molar-refractivity contribution in [2.24, 2.45) is 5.92 Å². The van der Waals surface area contributed by atoms with E-state index in [0.717, 1.165) is 6.42 Å². The lowest BCUT2D eigenvalue weighted by atomic mass is 10.1. The molecule has 1 aliphatic rings. The van der Waals surface area contributed by atoms with Crippen LogP contribution in [0.15, 0.2) is 0 Å². The van der Waals surface area contributed by atoms with E-state index in [2.05, 4.69) is 5.32 Å². The molecule has 0 saturated carbocycles. The molecule has 13 heavy (non-hydrogen) atoms. The normalized spacial score (nSPS) is 23.5. The van der Waals surface area contributed by atoms with Crippen LogP contribution < -0.4 is 5.32 Å². The molecule has 1 aliphatic heterocycles. The van der Waals surface area contributed by atoms with Crippen molar-refractivity contribution >= 4 is 5.91 Å². The molecule has 0 aromatic heterocycles. The van der Waals surface area contributed by atoms with Crippen LogP contribution in [0.5, 0.6) is 0 Å². The molecule has 2 atom stereocenters. The van der Waals surface area contributed by atoms with Crippen LogP contribution in [0.3, 0.4) is 0 Å². The molecular weight excluding hydrogens is 168 g/mol. The highest BCUT2D eigenvalue weighted by Crippen LogP contribution is 2.06. The molecule has 0 radical (unpaired) electrons. The molecule has 1 heterocycles. The quantitative estimate of drug-likeness (QED) is 0.689. The first-order valence-corrected chi connectivity index (χ1v) is 4.55. The maximum absolute atomic E-state index is 11.4. The van der Waals surface area contributed by atoms with Crippen molar-refractivity contribution in [2.75, 3.05) is 13.2 Å². The van der Waals surface area contributed by atoms with E-state index in [0.29, 0.717) is 19.6 Å². The summed E-state index contributed by atoms with van der Waals surface area (Å²) in [5.74, 6) is -0.680. The lowest BCUT2D eigenvalue weighted by Crippen LogP contribution is -2.38. The van der Waals surface area contributed by atoms with Gasteiger partial charge in [0.05, 0.1) is 18.7 Å². The van der Waals surface area contributed by atoms with E-state index in [1.54, 1.807) is 0 Å². The maximum atomic E-state index is 11.4. The molecule has 4 heteroatoms. The summed E-state index contributed by atoms with van der Waals surface area (Å²) >= 11 is 0. The summed E-state index contributed by atoms with van der Waals surface area (Å²) in [7, 11) is 0. The zero-order valence-corrected chi connectivity index (χ0v) is 7.75. The van der Waals surface area contributed by atoms with Gasteiger partial charge in [0, 0.05) is 6.61 Å². The second-order valence-electron chi connectivity index (χ2n) is 3.16. The van der Waals surface area contributed by atoms with Crippen LogP contribution >= 0.6 is 0 Å². The molecule has 0 spiro atoms. The topological polar surface area (TPSA) is 62.1 Å². The highest BCUT2D eigenvalue weighted by molar-refractivity contribution is 5.81. The van der Waals surface area contributed by atoms with Crippen LogP contribution in [-0.2, 0) is 9.53 Å². The average molecular weight is 182 g/mol. The van der Waals surface area contributed by atoms with Gasteiger partial charge in [-0.2, -0.15) is 5.26 Å². The zero-order valence-electron chi connectivity index (χ0n) is 7.75. The standard InChI is InChI=1S/C9H14N2O2/c1-2-7(5-10)9(12)11-8-3-4-13-6-8/h7-8H,2-4,6H2,1H3,(H,11,12). The van der Waals surface area contributed by atoms with Gasteiger partial charge >= 0.3 is 0 Å². The van der Waals surface area contributed by atoms with Gasteiger partial charge in [0.15, 0.2) is 0 Å². The molecule has 1 saturated heterocycles. The summed E-state index contributed by atoms with van der Waals surface area (Å²) < 4.78 is 5.11. The number of nitrogens with one attached hydrogen (secondary N) is 1. The summed E-state index contributed by atoms with van der Waals surface area (Å²) in [5, 5.41) is 11.4. The highest BCUT2D eigenvalue weighted by atomic mass is 16.5. The van der Waals surface area contributed by atoms with Crippen molar-refractivity contribution in [3.05, 3.63) is 0 Å². The number of hydrogen-bond donors (Lipinski definition) is 1. The van der Waals surface area contributed by atoms with Gasteiger partial charge in [-0.1, -0.05) is 6.92 Å². The summed E-state index contributed by atoms with van der Waals surface area (Å²) in [6, 6.07) is 2.08. The summed E-state index contributed by atoms with van der Waals surface area (Å²) in [6.07, 6.45) is 1.42. The molecule has 72 valence electrons.